The van der Waals surface area contributed by atoms with E-state index in [0.717, 1.165) is 19.3 Å². The smallest absolute Gasteiger partial charge is 0.330 e. The van der Waals surface area contributed by atoms with Crippen molar-refractivity contribution in [3.05, 3.63) is 12.7 Å². The highest BCUT2D eigenvalue weighted by molar-refractivity contribution is 5.81. The molecule has 0 aromatic carbocycles. The van der Waals surface area contributed by atoms with E-state index in [1.165, 1.54) is 18.9 Å². The first-order chi connectivity index (χ1) is 7.02. The minimum Gasteiger partial charge on any atom is -0.456 e. The maximum atomic E-state index is 11.3. The minimum atomic E-state index is -0.253. The van der Waals surface area contributed by atoms with Crippen molar-refractivity contribution < 1.29 is 9.53 Å². The maximum Gasteiger partial charge on any atom is 0.330 e. The van der Waals surface area contributed by atoms with Crippen molar-refractivity contribution in [3.8, 4) is 0 Å². The van der Waals surface area contributed by atoms with Crippen molar-refractivity contribution in [1.29, 1.82) is 0 Å². The fraction of sp³-hybridized carbons (Fsp3) is 0.769. The van der Waals surface area contributed by atoms with Crippen LogP contribution in [-0.4, -0.2) is 11.6 Å². The van der Waals surface area contributed by atoms with Crippen molar-refractivity contribution in [1.82, 2.24) is 0 Å². The Morgan fingerprint density at radius 1 is 1.33 bits per heavy atom. The van der Waals surface area contributed by atoms with Gasteiger partial charge in [-0.05, 0) is 43.4 Å². The lowest BCUT2D eigenvalue weighted by Crippen LogP contribution is -2.29. The fourth-order valence-corrected chi connectivity index (χ4v) is 3.37. The highest BCUT2D eigenvalue weighted by Crippen LogP contribution is 2.61. The Bertz CT molecular complexity index is 283. The SMILES string of the molecule is C=CC(=O)OC12CCC(C(C)C)(CC1)C2. The number of rotatable bonds is 3. The Morgan fingerprint density at radius 3 is 2.33 bits per heavy atom. The quantitative estimate of drug-likeness (QED) is 0.526. The van der Waals surface area contributed by atoms with Crippen molar-refractivity contribution in [2.24, 2.45) is 11.3 Å². The van der Waals surface area contributed by atoms with Crippen LogP contribution in [0.4, 0.5) is 0 Å². The van der Waals surface area contributed by atoms with Gasteiger partial charge in [0.05, 0.1) is 0 Å². The molecule has 0 atom stereocenters. The van der Waals surface area contributed by atoms with Crippen LogP contribution in [0.15, 0.2) is 12.7 Å². The summed E-state index contributed by atoms with van der Waals surface area (Å²) < 4.78 is 5.56. The Balaban J connectivity index is 2.10. The molecule has 0 aliphatic heterocycles. The van der Waals surface area contributed by atoms with E-state index in [-0.39, 0.29) is 11.6 Å². The second-order valence-corrected chi connectivity index (χ2v) is 5.50. The molecule has 0 aromatic heterocycles. The largest absolute Gasteiger partial charge is 0.456 e. The summed E-state index contributed by atoms with van der Waals surface area (Å²) in [5.74, 6) is 0.445. The van der Waals surface area contributed by atoms with Crippen LogP contribution >= 0.6 is 0 Å². The monoisotopic (exact) mass is 208 g/mol. The number of ether oxygens (including phenoxy) is 1. The zero-order chi connectivity index (χ0) is 11.1. The van der Waals surface area contributed by atoms with Gasteiger partial charge in [-0.15, -0.1) is 0 Å². The summed E-state index contributed by atoms with van der Waals surface area (Å²) in [6.07, 6.45) is 6.87. The molecular formula is C13H20O2. The number of hydrogen-bond donors (Lipinski definition) is 0. The van der Waals surface area contributed by atoms with Gasteiger partial charge < -0.3 is 4.74 Å². The zero-order valence-corrected chi connectivity index (χ0v) is 9.71. The Labute approximate surface area is 91.7 Å². The molecule has 0 N–H and O–H groups in total. The van der Waals surface area contributed by atoms with Crippen LogP contribution in [0.3, 0.4) is 0 Å². The van der Waals surface area contributed by atoms with Crippen LogP contribution in [0.25, 0.3) is 0 Å². The molecule has 2 rings (SSSR count). The van der Waals surface area contributed by atoms with Gasteiger partial charge in [0.2, 0.25) is 0 Å². The molecule has 84 valence electrons. The van der Waals surface area contributed by atoms with E-state index in [1.54, 1.807) is 0 Å². The number of esters is 1. The van der Waals surface area contributed by atoms with Gasteiger partial charge >= 0.3 is 5.97 Å². The molecule has 2 fully saturated rings. The van der Waals surface area contributed by atoms with Gasteiger partial charge in [-0.3, -0.25) is 0 Å². The predicted octanol–water partition coefficient (Wildman–Crippen LogP) is 3.07. The third kappa shape index (κ3) is 1.60. The average Bonchev–Trinajstić information content (AvgIpc) is 2.74. The fourth-order valence-electron chi connectivity index (χ4n) is 3.37. The van der Waals surface area contributed by atoms with Crippen LogP contribution in [0.5, 0.6) is 0 Å². The first-order valence-electron chi connectivity index (χ1n) is 5.87. The lowest BCUT2D eigenvalue weighted by atomic mass is 9.75. The zero-order valence-electron chi connectivity index (χ0n) is 9.71. The lowest BCUT2D eigenvalue weighted by molar-refractivity contribution is -0.152. The van der Waals surface area contributed by atoms with Gasteiger partial charge in [-0.2, -0.15) is 0 Å². The van der Waals surface area contributed by atoms with Gasteiger partial charge in [-0.1, -0.05) is 20.4 Å². The third-order valence-corrected chi connectivity index (χ3v) is 4.54. The van der Waals surface area contributed by atoms with Gasteiger partial charge in [0, 0.05) is 6.08 Å². The summed E-state index contributed by atoms with van der Waals surface area (Å²) in [7, 11) is 0. The average molecular weight is 208 g/mol. The van der Waals surface area contributed by atoms with Crippen LogP contribution in [0, 0.1) is 11.3 Å². The molecule has 2 aliphatic carbocycles. The maximum absolute atomic E-state index is 11.3. The van der Waals surface area contributed by atoms with Gasteiger partial charge in [-0.25, -0.2) is 4.79 Å². The summed E-state index contributed by atoms with van der Waals surface area (Å²) >= 11 is 0. The van der Waals surface area contributed by atoms with E-state index in [4.69, 9.17) is 4.74 Å². The summed E-state index contributed by atoms with van der Waals surface area (Å²) in [5.41, 5.74) is 0.303. The predicted molar refractivity (Wildman–Crippen MR) is 59.4 cm³/mol. The molecule has 2 bridgehead atoms. The molecule has 2 saturated carbocycles. The first-order valence-corrected chi connectivity index (χ1v) is 5.87. The van der Waals surface area contributed by atoms with E-state index >= 15 is 0 Å². The molecule has 0 amide bonds. The highest BCUT2D eigenvalue weighted by Gasteiger charge is 2.57. The van der Waals surface area contributed by atoms with E-state index in [0.29, 0.717) is 11.3 Å². The third-order valence-electron chi connectivity index (χ3n) is 4.54. The van der Waals surface area contributed by atoms with Crippen LogP contribution in [0.1, 0.15) is 46.0 Å². The van der Waals surface area contributed by atoms with E-state index < -0.39 is 0 Å². The first kappa shape index (κ1) is 10.7. The van der Waals surface area contributed by atoms with Crippen molar-refractivity contribution in [2.75, 3.05) is 0 Å². The summed E-state index contributed by atoms with van der Waals surface area (Å²) in [4.78, 5) is 11.3. The Hall–Kier alpha value is -0.790. The van der Waals surface area contributed by atoms with E-state index in [2.05, 4.69) is 20.4 Å². The van der Waals surface area contributed by atoms with Gasteiger partial charge in [0.1, 0.15) is 5.60 Å². The molecule has 0 spiro atoms. The standard InChI is InChI=1S/C13H20O2/c1-4-11(14)15-13-7-5-12(9-13,6-8-13)10(2)3/h4,10H,1,5-9H2,2-3H3. The van der Waals surface area contributed by atoms with Crippen LogP contribution in [0.2, 0.25) is 0 Å². The molecule has 15 heavy (non-hydrogen) atoms. The summed E-state index contributed by atoms with van der Waals surface area (Å²) in [5, 5.41) is 0. The molecule has 0 saturated heterocycles. The normalized spacial score (nSPS) is 38.3. The Morgan fingerprint density at radius 2 is 1.93 bits per heavy atom. The van der Waals surface area contributed by atoms with Crippen molar-refractivity contribution >= 4 is 5.97 Å². The van der Waals surface area contributed by atoms with Crippen molar-refractivity contribution in [3.63, 3.8) is 0 Å². The number of carbonyl (C=O) groups is 1. The Kier molecular flexibility index (Phi) is 2.40. The highest BCUT2D eigenvalue weighted by atomic mass is 16.6. The molecule has 2 heteroatoms. The number of fused-ring (bicyclic) bond motifs is 2. The van der Waals surface area contributed by atoms with Gasteiger partial charge in [0.15, 0.2) is 0 Å². The molecule has 2 nitrogen and oxygen atoms in total. The molecular weight excluding hydrogens is 188 g/mol. The molecule has 0 radical (unpaired) electrons. The van der Waals surface area contributed by atoms with Crippen LogP contribution < -0.4 is 0 Å². The molecule has 0 unspecified atom stereocenters. The van der Waals surface area contributed by atoms with Gasteiger partial charge in [0.25, 0.3) is 0 Å². The lowest BCUT2D eigenvalue weighted by Gasteiger charge is -2.30. The van der Waals surface area contributed by atoms with Crippen molar-refractivity contribution in [2.45, 2.75) is 51.6 Å². The number of carbonyl (C=O) groups excluding carboxylic acids is 1. The molecule has 2 aliphatic rings. The molecule has 0 aromatic rings. The van der Waals surface area contributed by atoms with E-state index in [1.807, 2.05) is 0 Å². The minimum absolute atomic E-state index is 0.143. The van der Waals surface area contributed by atoms with Crippen LogP contribution in [-0.2, 0) is 9.53 Å². The second kappa shape index (κ2) is 3.36. The second-order valence-electron chi connectivity index (χ2n) is 5.50. The topological polar surface area (TPSA) is 26.3 Å². The molecule has 0 heterocycles. The number of hydrogen-bond acceptors (Lipinski definition) is 2. The summed E-state index contributed by atoms with van der Waals surface area (Å²) in [6, 6.07) is 0. The summed E-state index contributed by atoms with van der Waals surface area (Å²) in [6.45, 7) is 8.04. The van der Waals surface area contributed by atoms with E-state index in [9.17, 15) is 4.79 Å².